The summed E-state index contributed by atoms with van der Waals surface area (Å²) in [5.74, 6) is 0.934. The first-order valence-electron chi connectivity index (χ1n) is 5.81. The van der Waals surface area contributed by atoms with Crippen molar-refractivity contribution in [2.24, 2.45) is 7.05 Å². The minimum absolute atomic E-state index is 0.0955. The molecule has 0 N–H and O–H groups in total. The Morgan fingerprint density at radius 2 is 1.95 bits per heavy atom. The first kappa shape index (κ1) is 14.3. The molecule has 0 spiro atoms. The molecule has 6 heteroatoms. The van der Waals surface area contributed by atoms with Crippen LogP contribution in [0.5, 0.6) is 0 Å². The van der Waals surface area contributed by atoms with Crippen LogP contribution in [-0.2, 0) is 7.05 Å². The van der Waals surface area contributed by atoms with Crippen molar-refractivity contribution < 1.29 is 4.79 Å². The Hall–Kier alpha value is -1.14. The normalized spacial score (nSPS) is 12.4. The summed E-state index contributed by atoms with van der Waals surface area (Å²) in [5.41, 5.74) is 0.710. The van der Waals surface area contributed by atoms with Gasteiger partial charge in [0.2, 0.25) is 0 Å². The van der Waals surface area contributed by atoms with Gasteiger partial charge in [-0.25, -0.2) is 0 Å². The number of Topliss-reactive ketones (excluding diaryl/α,β-unsaturated/α-hetero) is 1. The van der Waals surface area contributed by atoms with Crippen molar-refractivity contribution in [3.05, 3.63) is 40.1 Å². The number of carbonyl (C=O) groups excluding carboxylic acids is 1. The van der Waals surface area contributed by atoms with Gasteiger partial charge in [0.15, 0.2) is 10.9 Å². The monoisotopic (exact) mass is 339 g/mol. The Balaban J connectivity index is 2.11. The molecule has 4 nitrogen and oxygen atoms in total. The van der Waals surface area contributed by atoms with E-state index in [1.165, 1.54) is 11.8 Å². The number of nitrogens with zero attached hydrogens (tertiary/aromatic N) is 3. The number of aryl methyl sites for hydroxylation is 1. The lowest BCUT2D eigenvalue weighted by Crippen LogP contribution is -2.14. The Bertz CT molecular complexity index is 594. The zero-order valence-electron chi connectivity index (χ0n) is 10.9. The van der Waals surface area contributed by atoms with Crippen molar-refractivity contribution in [2.75, 3.05) is 0 Å². The van der Waals surface area contributed by atoms with Crippen molar-refractivity contribution >= 4 is 33.5 Å². The number of ketones is 1. The highest BCUT2D eigenvalue weighted by Crippen LogP contribution is 2.24. The number of hydrogen-bond donors (Lipinski definition) is 0. The topological polar surface area (TPSA) is 47.8 Å². The van der Waals surface area contributed by atoms with Crippen LogP contribution in [0.3, 0.4) is 0 Å². The molecule has 0 aliphatic carbocycles. The van der Waals surface area contributed by atoms with E-state index in [9.17, 15) is 4.79 Å². The molecule has 0 bridgehead atoms. The number of carbonyl (C=O) groups is 1. The molecule has 19 heavy (non-hydrogen) atoms. The summed E-state index contributed by atoms with van der Waals surface area (Å²) in [4.78, 5) is 12.3. The van der Waals surface area contributed by atoms with Crippen molar-refractivity contribution in [3.63, 3.8) is 0 Å². The molecular formula is C13H14BrN3OS. The number of thioether (sulfide) groups is 1. The van der Waals surface area contributed by atoms with Gasteiger partial charge in [-0.05, 0) is 26.0 Å². The van der Waals surface area contributed by atoms with Crippen LogP contribution in [0, 0.1) is 6.92 Å². The molecule has 1 atom stereocenters. The zero-order valence-corrected chi connectivity index (χ0v) is 13.3. The maximum absolute atomic E-state index is 12.3. The summed E-state index contributed by atoms with van der Waals surface area (Å²) in [6.07, 6.45) is 0. The molecular weight excluding hydrogens is 326 g/mol. The standard InChI is InChI=1S/C13H14BrN3OS/c1-8(19-13-16-15-9(2)17(13)3)12(18)10-4-6-11(14)7-5-10/h4-8H,1-3H3/t8-/m1/s1. The third kappa shape index (κ3) is 3.25. The first-order valence-corrected chi connectivity index (χ1v) is 7.48. The van der Waals surface area contributed by atoms with Gasteiger partial charge in [-0.2, -0.15) is 0 Å². The number of benzene rings is 1. The summed E-state index contributed by atoms with van der Waals surface area (Å²) < 4.78 is 2.85. The molecule has 0 saturated carbocycles. The third-order valence-corrected chi connectivity index (χ3v) is 4.50. The maximum Gasteiger partial charge on any atom is 0.191 e. The SMILES string of the molecule is Cc1nnc(S[C@H](C)C(=O)c2ccc(Br)cc2)n1C. The van der Waals surface area contributed by atoms with E-state index in [0.29, 0.717) is 5.56 Å². The van der Waals surface area contributed by atoms with Crippen LogP contribution in [-0.4, -0.2) is 25.8 Å². The molecule has 1 aromatic heterocycles. The Morgan fingerprint density at radius 3 is 2.47 bits per heavy atom. The number of halogens is 1. The van der Waals surface area contributed by atoms with Gasteiger partial charge in [0.1, 0.15) is 5.82 Å². The van der Waals surface area contributed by atoms with Crippen molar-refractivity contribution in [1.82, 2.24) is 14.8 Å². The minimum Gasteiger partial charge on any atom is -0.309 e. The van der Waals surface area contributed by atoms with Gasteiger partial charge in [-0.3, -0.25) is 4.79 Å². The molecule has 100 valence electrons. The highest BCUT2D eigenvalue weighted by atomic mass is 79.9. The predicted octanol–water partition coefficient (Wildman–Crippen LogP) is 3.25. The van der Waals surface area contributed by atoms with Crippen LogP contribution in [0.15, 0.2) is 33.9 Å². The first-order chi connectivity index (χ1) is 8.99. The second kappa shape index (κ2) is 5.88. The molecule has 0 fully saturated rings. The lowest BCUT2D eigenvalue weighted by molar-refractivity contribution is 0.0994. The fourth-order valence-electron chi connectivity index (χ4n) is 1.55. The Labute approximate surface area is 124 Å². The Kier molecular flexibility index (Phi) is 4.42. The van der Waals surface area contributed by atoms with Gasteiger partial charge in [0.05, 0.1) is 5.25 Å². The molecule has 2 rings (SSSR count). The number of hydrogen-bond acceptors (Lipinski definition) is 4. The van der Waals surface area contributed by atoms with Gasteiger partial charge >= 0.3 is 0 Å². The molecule has 0 radical (unpaired) electrons. The minimum atomic E-state index is -0.191. The van der Waals surface area contributed by atoms with Gasteiger partial charge in [-0.1, -0.05) is 39.8 Å². The quantitative estimate of drug-likeness (QED) is 0.633. The van der Waals surface area contributed by atoms with Crippen molar-refractivity contribution in [2.45, 2.75) is 24.3 Å². The van der Waals surface area contributed by atoms with Gasteiger partial charge in [0, 0.05) is 17.1 Å². The van der Waals surface area contributed by atoms with Crippen LogP contribution >= 0.6 is 27.7 Å². The van der Waals surface area contributed by atoms with Gasteiger partial charge < -0.3 is 4.57 Å². The van der Waals surface area contributed by atoms with E-state index in [4.69, 9.17) is 0 Å². The van der Waals surface area contributed by atoms with Crippen LogP contribution in [0.1, 0.15) is 23.1 Å². The van der Waals surface area contributed by atoms with E-state index in [1.807, 2.05) is 49.7 Å². The van der Waals surface area contributed by atoms with Crippen LogP contribution in [0.2, 0.25) is 0 Å². The van der Waals surface area contributed by atoms with Crippen LogP contribution in [0.25, 0.3) is 0 Å². The molecule has 0 amide bonds. The second-order valence-electron chi connectivity index (χ2n) is 4.22. The van der Waals surface area contributed by atoms with E-state index in [0.717, 1.165) is 15.5 Å². The fraction of sp³-hybridized carbons (Fsp3) is 0.308. The zero-order chi connectivity index (χ0) is 14.0. The second-order valence-corrected chi connectivity index (χ2v) is 6.44. The third-order valence-electron chi connectivity index (χ3n) is 2.83. The summed E-state index contributed by atoms with van der Waals surface area (Å²) in [6, 6.07) is 7.39. The Morgan fingerprint density at radius 1 is 1.32 bits per heavy atom. The maximum atomic E-state index is 12.3. The predicted molar refractivity (Wildman–Crippen MR) is 79.5 cm³/mol. The number of rotatable bonds is 4. The van der Waals surface area contributed by atoms with Crippen molar-refractivity contribution in [1.29, 1.82) is 0 Å². The summed E-state index contributed by atoms with van der Waals surface area (Å²) in [6.45, 7) is 3.78. The smallest absolute Gasteiger partial charge is 0.191 e. The highest BCUT2D eigenvalue weighted by molar-refractivity contribution is 9.10. The largest absolute Gasteiger partial charge is 0.309 e. The molecule has 0 unspecified atom stereocenters. The lowest BCUT2D eigenvalue weighted by atomic mass is 10.1. The van der Waals surface area contributed by atoms with E-state index in [1.54, 1.807) is 0 Å². The van der Waals surface area contributed by atoms with Gasteiger partial charge in [0.25, 0.3) is 0 Å². The fourth-order valence-corrected chi connectivity index (χ4v) is 2.75. The van der Waals surface area contributed by atoms with Crippen LogP contribution in [0.4, 0.5) is 0 Å². The van der Waals surface area contributed by atoms with Crippen LogP contribution < -0.4 is 0 Å². The highest BCUT2D eigenvalue weighted by Gasteiger charge is 2.19. The van der Waals surface area contributed by atoms with Gasteiger partial charge in [-0.15, -0.1) is 10.2 Å². The molecule has 1 aromatic carbocycles. The average molecular weight is 340 g/mol. The van der Waals surface area contributed by atoms with E-state index < -0.39 is 0 Å². The van der Waals surface area contributed by atoms with E-state index in [2.05, 4.69) is 26.1 Å². The molecule has 0 saturated heterocycles. The average Bonchev–Trinajstić information content (AvgIpc) is 2.71. The molecule has 0 aliphatic rings. The van der Waals surface area contributed by atoms with Crippen molar-refractivity contribution in [3.8, 4) is 0 Å². The lowest BCUT2D eigenvalue weighted by Gasteiger charge is -2.09. The number of aromatic nitrogens is 3. The van der Waals surface area contributed by atoms with E-state index >= 15 is 0 Å². The summed E-state index contributed by atoms with van der Waals surface area (Å²) >= 11 is 4.79. The molecule has 1 heterocycles. The molecule has 2 aromatic rings. The van der Waals surface area contributed by atoms with E-state index in [-0.39, 0.29) is 11.0 Å². The molecule has 0 aliphatic heterocycles. The summed E-state index contributed by atoms with van der Waals surface area (Å²) in [7, 11) is 1.90. The summed E-state index contributed by atoms with van der Waals surface area (Å²) in [5, 5.41) is 8.62.